The van der Waals surface area contributed by atoms with Gasteiger partial charge in [-0.3, -0.25) is 5.01 Å². The lowest BCUT2D eigenvalue weighted by Gasteiger charge is -2.23. The molecule has 0 spiro atoms. The summed E-state index contributed by atoms with van der Waals surface area (Å²) in [5.74, 6) is 0.824. The van der Waals surface area contributed by atoms with Crippen molar-refractivity contribution >= 4 is 0 Å². The topological polar surface area (TPSA) is 47.1 Å². The van der Waals surface area contributed by atoms with Gasteiger partial charge >= 0.3 is 0 Å². The highest BCUT2D eigenvalue weighted by molar-refractivity contribution is 5.12. The fourth-order valence-corrected chi connectivity index (χ4v) is 3.39. The first-order valence-electron chi connectivity index (χ1n) is 11.0. The van der Waals surface area contributed by atoms with Crippen LogP contribution >= 0.6 is 0 Å². The Kier molecular flexibility index (Phi) is 13.7. The van der Waals surface area contributed by atoms with E-state index < -0.39 is 0 Å². The molecule has 0 amide bonds. The number of nitrogens with two attached hydrogens (primary N) is 1. The summed E-state index contributed by atoms with van der Waals surface area (Å²) in [6.45, 7) is 5.23. The van der Waals surface area contributed by atoms with Gasteiger partial charge in [0.2, 0.25) is 0 Å². The third-order valence-electron chi connectivity index (χ3n) is 5.03. The molecule has 0 saturated heterocycles. The number of unbranched alkanes of at least 4 members (excludes halogenated alkanes) is 13. The average molecular weight is 363 g/mol. The number of rotatable bonds is 17. The van der Waals surface area contributed by atoms with Gasteiger partial charge in [-0.25, -0.2) is 9.66 Å². The highest BCUT2D eigenvalue weighted by atomic mass is 15.6. The molecule has 0 aliphatic heterocycles. The highest BCUT2D eigenvalue weighted by Gasteiger charge is 2.04. The van der Waals surface area contributed by atoms with Gasteiger partial charge < -0.3 is 5.73 Å². The Morgan fingerprint density at radius 3 is 1.88 bits per heavy atom. The molecule has 0 atom stereocenters. The number of aromatic nitrogens is 2. The van der Waals surface area contributed by atoms with Crippen LogP contribution < -0.4 is 10.7 Å². The maximum atomic E-state index is 6.21. The van der Waals surface area contributed by atoms with Gasteiger partial charge in [-0.05, 0) is 25.8 Å². The second-order valence-corrected chi connectivity index (χ2v) is 7.32. The normalized spacial score (nSPS) is 11.8. The summed E-state index contributed by atoms with van der Waals surface area (Å²) >= 11 is 0. The number of hydrogen-bond donors (Lipinski definition) is 1. The number of imidazole rings is 1. The molecule has 0 aliphatic rings. The van der Waals surface area contributed by atoms with Gasteiger partial charge in [0, 0.05) is 18.9 Å². The molecule has 1 aromatic rings. The zero-order chi connectivity index (χ0) is 18.9. The molecule has 0 aromatic carbocycles. The molecule has 150 valence electrons. The van der Waals surface area contributed by atoms with Crippen LogP contribution in [0, 0.1) is 0 Å². The fraction of sp³-hybridized carbons (Fsp3) is 0.773. The van der Waals surface area contributed by atoms with Crippen molar-refractivity contribution in [2.24, 2.45) is 5.73 Å². The van der Waals surface area contributed by atoms with Gasteiger partial charge in [-0.2, -0.15) is 0 Å². The molecule has 0 fully saturated rings. The van der Waals surface area contributed by atoms with Crippen LogP contribution in [0.2, 0.25) is 0 Å². The first kappa shape index (κ1) is 22.6. The minimum Gasteiger partial charge on any atom is -0.384 e. The van der Waals surface area contributed by atoms with Gasteiger partial charge in [-0.1, -0.05) is 84.0 Å². The average Bonchev–Trinajstić information content (AvgIpc) is 3.17. The Bertz CT molecular complexity index is 439. The third-order valence-corrected chi connectivity index (χ3v) is 5.03. The smallest absolute Gasteiger partial charge is 0.115 e. The maximum Gasteiger partial charge on any atom is 0.115 e. The summed E-state index contributed by atoms with van der Waals surface area (Å²) in [5.41, 5.74) is 6.21. The van der Waals surface area contributed by atoms with Gasteiger partial charge in [-0.15, -0.1) is 0 Å². The monoisotopic (exact) mass is 362 g/mol. The van der Waals surface area contributed by atoms with Crippen LogP contribution in [0.1, 0.15) is 104 Å². The van der Waals surface area contributed by atoms with Crippen molar-refractivity contribution in [3.63, 3.8) is 0 Å². The van der Waals surface area contributed by atoms with Crippen LogP contribution in [-0.4, -0.2) is 16.2 Å². The van der Waals surface area contributed by atoms with E-state index in [-0.39, 0.29) is 0 Å². The maximum absolute atomic E-state index is 6.21. The van der Waals surface area contributed by atoms with Crippen LogP contribution in [0.5, 0.6) is 0 Å². The van der Waals surface area contributed by atoms with Gasteiger partial charge in [0.1, 0.15) is 12.1 Å². The molecular formula is C22H42N4. The van der Waals surface area contributed by atoms with E-state index in [0.29, 0.717) is 0 Å². The number of hydrogen-bond acceptors (Lipinski definition) is 3. The van der Waals surface area contributed by atoms with Crippen LogP contribution in [-0.2, 0) is 0 Å². The first-order chi connectivity index (χ1) is 12.8. The molecule has 0 unspecified atom stereocenters. The van der Waals surface area contributed by atoms with Crippen LogP contribution in [0.4, 0.5) is 0 Å². The summed E-state index contributed by atoms with van der Waals surface area (Å²) in [7, 11) is 0. The van der Waals surface area contributed by atoms with E-state index in [9.17, 15) is 0 Å². The highest BCUT2D eigenvalue weighted by Crippen LogP contribution is 2.13. The van der Waals surface area contributed by atoms with Crippen molar-refractivity contribution in [2.75, 3.05) is 11.6 Å². The fourth-order valence-electron chi connectivity index (χ4n) is 3.39. The minimum atomic E-state index is 0.824. The van der Waals surface area contributed by atoms with E-state index in [1.807, 2.05) is 15.9 Å². The molecular weight excluding hydrogens is 320 g/mol. The van der Waals surface area contributed by atoms with E-state index in [2.05, 4.69) is 24.9 Å². The van der Waals surface area contributed by atoms with Crippen molar-refractivity contribution in [1.29, 1.82) is 0 Å². The van der Waals surface area contributed by atoms with Crippen LogP contribution in [0.25, 0.3) is 0 Å². The SMILES string of the molecule is CCCCCCCCCCCCCCCC=C(N)N(CC)n1ccnc1. The molecule has 4 nitrogen and oxygen atoms in total. The molecule has 1 heterocycles. The Morgan fingerprint density at radius 1 is 0.885 bits per heavy atom. The predicted octanol–water partition coefficient (Wildman–Crippen LogP) is 6.12. The lowest BCUT2D eigenvalue weighted by Crippen LogP contribution is -2.36. The predicted molar refractivity (Wildman–Crippen MR) is 114 cm³/mol. The molecule has 1 aromatic heterocycles. The zero-order valence-corrected chi connectivity index (χ0v) is 17.3. The lowest BCUT2D eigenvalue weighted by molar-refractivity contribution is 0.540. The first-order valence-corrected chi connectivity index (χ1v) is 11.0. The lowest BCUT2D eigenvalue weighted by atomic mass is 10.0. The van der Waals surface area contributed by atoms with Crippen molar-refractivity contribution in [3.05, 3.63) is 30.6 Å². The van der Waals surface area contributed by atoms with Crippen molar-refractivity contribution in [2.45, 2.75) is 104 Å². The Balaban J connectivity index is 1.94. The molecule has 26 heavy (non-hydrogen) atoms. The van der Waals surface area contributed by atoms with Gasteiger partial charge in [0.15, 0.2) is 0 Å². The van der Waals surface area contributed by atoms with E-state index in [0.717, 1.165) is 18.8 Å². The summed E-state index contributed by atoms with van der Waals surface area (Å²) < 4.78 is 1.94. The van der Waals surface area contributed by atoms with E-state index >= 15 is 0 Å². The second-order valence-electron chi connectivity index (χ2n) is 7.32. The van der Waals surface area contributed by atoms with Crippen molar-refractivity contribution < 1.29 is 0 Å². The van der Waals surface area contributed by atoms with Crippen LogP contribution in [0.3, 0.4) is 0 Å². The molecule has 1 rings (SSSR count). The zero-order valence-electron chi connectivity index (χ0n) is 17.3. The van der Waals surface area contributed by atoms with Gasteiger partial charge in [0.25, 0.3) is 0 Å². The Labute approximate surface area is 161 Å². The largest absolute Gasteiger partial charge is 0.384 e. The summed E-state index contributed by atoms with van der Waals surface area (Å²) in [4.78, 5) is 4.09. The van der Waals surface area contributed by atoms with Crippen LogP contribution in [0.15, 0.2) is 30.6 Å². The molecule has 2 N–H and O–H groups in total. The van der Waals surface area contributed by atoms with Crippen molar-refractivity contribution in [1.82, 2.24) is 9.66 Å². The molecule has 0 aliphatic carbocycles. The summed E-state index contributed by atoms with van der Waals surface area (Å²) in [6.07, 6.45) is 26.8. The minimum absolute atomic E-state index is 0.824. The Morgan fingerprint density at radius 2 is 1.42 bits per heavy atom. The quantitative estimate of drug-likeness (QED) is 0.339. The summed E-state index contributed by atoms with van der Waals surface area (Å²) in [6, 6.07) is 0. The number of allylic oxidation sites excluding steroid dienone is 1. The number of nitrogens with zero attached hydrogens (tertiary/aromatic N) is 3. The second kappa shape index (κ2) is 15.8. The standard InChI is InChI=1S/C22H42N4/c1-3-5-6-7-8-9-10-11-12-13-14-15-16-17-18-22(23)26(4-2)25-20-19-24-21-25/h18-21H,3-17,23H2,1-2H3. The summed E-state index contributed by atoms with van der Waals surface area (Å²) in [5, 5.41) is 2.04. The Hall–Kier alpha value is -1.45. The molecule has 0 radical (unpaired) electrons. The van der Waals surface area contributed by atoms with E-state index in [1.165, 1.54) is 83.5 Å². The molecule has 0 saturated carbocycles. The molecule has 0 bridgehead atoms. The molecule has 4 heteroatoms. The van der Waals surface area contributed by atoms with Gasteiger partial charge in [0.05, 0.1) is 0 Å². The van der Waals surface area contributed by atoms with E-state index in [4.69, 9.17) is 5.73 Å². The third kappa shape index (κ3) is 10.5. The van der Waals surface area contributed by atoms with Crippen molar-refractivity contribution in [3.8, 4) is 0 Å². The van der Waals surface area contributed by atoms with E-state index in [1.54, 1.807) is 12.5 Å².